The molecule has 0 saturated carbocycles. The third kappa shape index (κ3) is 2.89. The second-order valence-electron chi connectivity index (χ2n) is 3.75. The molecule has 0 bridgehead atoms. The quantitative estimate of drug-likeness (QED) is 0.897. The van der Waals surface area contributed by atoms with Gasteiger partial charge in [0.25, 0.3) is 0 Å². The number of rotatable bonds is 5. The Morgan fingerprint density at radius 2 is 2.00 bits per heavy atom. The van der Waals surface area contributed by atoms with Crippen LogP contribution < -0.4 is 5.32 Å². The van der Waals surface area contributed by atoms with Crippen LogP contribution in [0, 0.1) is 0 Å². The Hall–Kier alpha value is -1.82. The van der Waals surface area contributed by atoms with Crippen molar-refractivity contribution in [1.29, 1.82) is 0 Å². The number of nitrogens with zero attached hydrogens (tertiary/aromatic N) is 1. The Bertz CT molecular complexity index is 589. The average molecular weight is 266 g/mol. The minimum absolute atomic E-state index is 0.109. The fraction of sp³-hybridized carbons (Fsp3) is 0.250. The lowest BCUT2D eigenvalue weighted by atomic mass is 10.3. The number of benzene rings is 1. The van der Waals surface area contributed by atoms with Gasteiger partial charge in [0, 0.05) is 5.69 Å². The van der Waals surface area contributed by atoms with Crippen molar-refractivity contribution in [3.05, 3.63) is 42.6 Å². The van der Waals surface area contributed by atoms with E-state index >= 15 is 0 Å². The lowest BCUT2D eigenvalue weighted by Gasteiger charge is -2.05. The van der Waals surface area contributed by atoms with Crippen molar-refractivity contribution in [3.8, 4) is 0 Å². The van der Waals surface area contributed by atoms with Gasteiger partial charge in [-0.15, -0.1) is 0 Å². The molecule has 0 aliphatic carbocycles. The molecule has 1 aromatic carbocycles. The Balaban J connectivity index is 2.04. The van der Waals surface area contributed by atoms with Crippen molar-refractivity contribution in [2.45, 2.75) is 18.4 Å². The number of hydrogen-bond acceptors (Lipinski definition) is 5. The highest BCUT2D eigenvalue weighted by Gasteiger charge is 2.10. The molecule has 0 aliphatic rings. The van der Waals surface area contributed by atoms with Crippen LogP contribution in [0.25, 0.3) is 0 Å². The molecule has 0 aliphatic heterocycles. The molecular formula is C12H14N2O3S. The molecule has 6 heteroatoms. The van der Waals surface area contributed by atoms with Gasteiger partial charge < -0.3 is 9.73 Å². The van der Waals surface area contributed by atoms with Gasteiger partial charge in [-0.05, 0) is 24.3 Å². The van der Waals surface area contributed by atoms with E-state index in [4.69, 9.17) is 4.42 Å². The molecule has 96 valence electrons. The molecule has 18 heavy (non-hydrogen) atoms. The van der Waals surface area contributed by atoms with Gasteiger partial charge in [-0.1, -0.05) is 6.92 Å². The highest BCUT2D eigenvalue weighted by atomic mass is 32.2. The molecule has 1 N–H and O–H groups in total. The van der Waals surface area contributed by atoms with Crippen LogP contribution in [-0.4, -0.2) is 19.2 Å². The number of hydrogen-bond donors (Lipinski definition) is 1. The molecule has 0 radical (unpaired) electrons. The van der Waals surface area contributed by atoms with Gasteiger partial charge in [0.15, 0.2) is 16.2 Å². The largest absolute Gasteiger partial charge is 0.447 e. The zero-order chi connectivity index (χ0) is 13.0. The lowest BCUT2D eigenvalue weighted by Crippen LogP contribution is -2.04. The van der Waals surface area contributed by atoms with Crippen LogP contribution in [0.2, 0.25) is 0 Å². The fourth-order valence-electron chi connectivity index (χ4n) is 1.47. The fourth-order valence-corrected chi connectivity index (χ4v) is 2.35. The summed E-state index contributed by atoms with van der Waals surface area (Å²) in [6.07, 6.45) is 3.00. The van der Waals surface area contributed by atoms with Crippen molar-refractivity contribution >= 4 is 15.5 Å². The van der Waals surface area contributed by atoms with Gasteiger partial charge in [-0.3, -0.25) is 0 Å². The first kappa shape index (κ1) is 12.6. The van der Waals surface area contributed by atoms with Crippen molar-refractivity contribution < 1.29 is 12.8 Å². The van der Waals surface area contributed by atoms with E-state index in [1.807, 2.05) is 0 Å². The van der Waals surface area contributed by atoms with E-state index in [1.165, 1.54) is 6.39 Å². The average Bonchev–Trinajstić information content (AvgIpc) is 2.90. The second-order valence-corrected chi connectivity index (χ2v) is 6.03. The first-order valence-electron chi connectivity index (χ1n) is 5.56. The molecule has 1 aromatic heterocycles. The van der Waals surface area contributed by atoms with Crippen molar-refractivity contribution in [2.24, 2.45) is 0 Å². The van der Waals surface area contributed by atoms with Gasteiger partial charge in [-0.25, -0.2) is 13.4 Å². The van der Waals surface area contributed by atoms with Gasteiger partial charge in [0.2, 0.25) is 0 Å². The molecule has 2 rings (SSSR count). The zero-order valence-corrected chi connectivity index (χ0v) is 10.8. The van der Waals surface area contributed by atoms with E-state index in [0.717, 1.165) is 11.4 Å². The molecule has 5 nitrogen and oxygen atoms in total. The van der Waals surface area contributed by atoms with Crippen LogP contribution >= 0.6 is 0 Å². The van der Waals surface area contributed by atoms with E-state index < -0.39 is 9.84 Å². The standard InChI is InChI=1S/C12H14N2O3S/c1-2-18(15,16)12-5-3-10(4-6-12)14-8-11-7-13-9-17-11/h3-7,9,14H,2,8H2,1H3. The molecule has 0 amide bonds. The van der Waals surface area contributed by atoms with Crippen LogP contribution in [0.5, 0.6) is 0 Å². The van der Waals surface area contributed by atoms with Gasteiger partial charge in [-0.2, -0.15) is 0 Å². The molecule has 0 saturated heterocycles. The highest BCUT2D eigenvalue weighted by Crippen LogP contribution is 2.15. The summed E-state index contributed by atoms with van der Waals surface area (Å²) in [6, 6.07) is 6.67. The maximum atomic E-state index is 11.6. The predicted octanol–water partition coefficient (Wildman–Crippen LogP) is 2.08. The predicted molar refractivity (Wildman–Crippen MR) is 68.0 cm³/mol. The summed E-state index contributed by atoms with van der Waals surface area (Å²) in [6.45, 7) is 2.14. The normalized spacial score (nSPS) is 11.4. The van der Waals surface area contributed by atoms with E-state index in [9.17, 15) is 8.42 Å². The third-order valence-corrected chi connectivity index (χ3v) is 4.29. The summed E-state index contributed by atoms with van der Waals surface area (Å²) < 4.78 is 28.3. The summed E-state index contributed by atoms with van der Waals surface area (Å²) in [5.74, 6) is 0.831. The Labute approximate surface area is 106 Å². The molecule has 0 atom stereocenters. The number of sulfone groups is 1. The first-order valence-corrected chi connectivity index (χ1v) is 7.21. The van der Waals surface area contributed by atoms with Gasteiger partial charge in [0.05, 0.1) is 23.4 Å². The van der Waals surface area contributed by atoms with Crippen molar-refractivity contribution in [2.75, 3.05) is 11.1 Å². The van der Waals surface area contributed by atoms with Crippen LogP contribution in [0.3, 0.4) is 0 Å². The first-order chi connectivity index (χ1) is 8.62. The number of aromatic nitrogens is 1. The Kier molecular flexibility index (Phi) is 3.66. The maximum Gasteiger partial charge on any atom is 0.180 e. The van der Waals surface area contributed by atoms with Crippen LogP contribution in [0.15, 0.2) is 46.2 Å². The van der Waals surface area contributed by atoms with E-state index in [2.05, 4.69) is 10.3 Å². The van der Waals surface area contributed by atoms with Crippen LogP contribution in [0.1, 0.15) is 12.7 Å². The molecule has 0 unspecified atom stereocenters. The van der Waals surface area contributed by atoms with Crippen LogP contribution in [-0.2, 0) is 16.4 Å². The van der Waals surface area contributed by atoms with Crippen molar-refractivity contribution in [3.63, 3.8) is 0 Å². The summed E-state index contributed by atoms with van der Waals surface area (Å²) in [7, 11) is -3.13. The number of nitrogens with one attached hydrogen (secondary N) is 1. The van der Waals surface area contributed by atoms with Gasteiger partial charge >= 0.3 is 0 Å². The van der Waals surface area contributed by atoms with E-state index in [1.54, 1.807) is 37.4 Å². The molecule has 0 fully saturated rings. The zero-order valence-electron chi connectivity index (χ0n) is 9.96. The highest BCUT2D eigenvalue weighted by molar-refractivity contribution is 7.91. The Morgan fingerprint density at radius 3 is 2.56 bits per heavy atom. The molecule has 2 aromatic rings. The molecule has 1 heterocycles. The van der Waals surface area contributed by atoms with Gasteiger partial charge in [0.1, 0.15) is 5.76 Å². The van der Waals surface area contributed by atoms with E-state index in [-0.39, 0.29) is 5.75 Å². The minimum atomic E-state index is -3.13. The number of oxazole rings is 1. The Morgan fingerprint density at radius 1 is 1.28 bits per heavy atom. The second kappa shape index (κ2) is 5.22. The lowest BCUT2D eigenvalue weighted by molar-refractivity contribution is 0.511. The maximum absolute atomic E-state index is 11.6. The smallest absolute Gasteiger partial charge is 0.180 e. The summed E-state index contributed by atoms with van der Waals surface area (Å²) in [4.78, 5) is 4.15. The molecular weight excluding hydrogens is 252 g/mol. The minimum Gasteiger partial charge on any atom is -0.447 e. The topological polar surface area (TPSA) is 72.2 Å². The SMILES string of the molecule is CCS(=O)(=O)c1ccc(NCc2cnco2)cc1. The molecule has 0 spiro atoms. The number of anilines is 1. The van der Waals surface area contributed by atoms with E-state index in [0.29, 0.717) is 11.4 Å². The summed E-state index contributed by atoms with van der Waals surface area (Å²) in [5, 5.41) is 3.12. The van der Waals surface area contributed by atoms with Crippen LogP contribution in [0.4, 0.5) is 5.69 Å². The summed E-state index contributed by atoms with van der Waals surface area (Å²) >= 11 is 0. The third-order valence-electron chi connectivity index (χ3n) is 2.54. The van der Waals surface area contributed by atoms with Crippen molar-refractivity contribution in [1.82, 2.24) is 4.98 Å². The monoisotopic (exact) mass is 266 g/mol. The summed E-state index contributed by atoms with van der Waals surface area (Å²) in [5.41, 5.74) is 0.835.